The Labute approximate surface area is 281 Å². The third-order valence-electron chi connectivity index (χ3n) is 11.7. The van der Waals surface area contributed by atoms with Crippen LogP contribution in [0.1, 0.15) is 124 Å². The molecule has 4 N–H and O–H groups in total. The van der Waals surface area contributed by atoms with E-state index in [0.717, 1.165) is 42.7 Å². The van der Waals surface area contributed by atoms with Crippen LogP contribution in [0.4, 0.5) is 0 Å². The molecule has 0 aromatic heterocycles. The average molecular weight is 633 g/mol. The van der Waals surface area contributed by atoms with Crippen molar-refractivity contribution in [2.45, 2.75) is 113 Å². The summed E-state index contributed by atoms with van der Waals surface area (Å²) in [6.45, 7) is 0. The van der Waals surface area contributed by atoms with Crippen LogP contribution >= 0.6 is 0 Å². The third kappa shape index (κ3) is 7.17. The Morgan fingerprint density at radius 2 is 0.957 bits per heavy atom. The molecule has 3 atom stereocenters. The van der Waals surface area contributed by atoms with Crippen LogP contribution in [0.25, 0.3) is 0 Å². The van der Waals surface area contributed by atoms with Gasteiger partial charge >= 0.3 is 0 Å². The molecule has 4 aromatic rings. The molecule has 0 saturated heterocycles. The van der Waals surface area contributed by atoms with E-state index in [0.29, 0.717) is 28.9 Å². The summed E-state index contributed by atoms with van der Waals surface area (Å²) in [5.41, 5.74) is 4.55. The van der Waals surface area contributed by atoms with E-state index in [1.807, 2.05) is 48.5 Å². The molecule has 4 heteroatoms. The fourth-order valence-corrected chi connectivity index (χ4v) is 9.33. The van der Waals surface area contributed by atoms with Crippen LogP contribution in [0.5, 0.6) is 23.0 Å². The highest BCUT2D eigenvalue weighted by molar-refractivity contribution is 5.51. The molecule has 3 fully saturated rings. The molecule has 4 aromatic carbocycles. The van der Waals surface area contributed by atoms with E-state index in [9.17, 15) is 20.4 Å². The summed E-state index contributed by atoms with van der Waals surface area (Å²) in [5.74, 6) is 2.72. The van der Waals surface area contributed by atoms with E-state index in [1.165, 1.54) is 81.8 Å². The van der Waals surface area contributed by atoms with Crippen molar-refractivity contribution < 1.29 is 20.4 Å². The second kappa shape index (κ2) is 14.9. The van der Waals surface area contributed by atoms with Gasteiger partial charge in [-0.2, -0.15) is 0 Å². The zero-order valence-electron chi connectivity index (χ0n) is 27.8. The van der Waals surface area contributed by atoms with Crippen LogP contribution in [0, 0.1) is 5.92 Å². The lowest BCUT2D eigenvalue weighted by molar-refractivity contribution is 0.351. The van der Waals surface area contributed by atoms with Crippen molar-refractivity contribution in [3.63, 3.8) is 0 Å². The maximum Gasteiger partial charge on any atom is 0.119 e. The second-order valence-corrected chi connectivity index (χ2v) is 14.5. The normalized spacial score (nSPS) is 24.3. The summed E-state index contributed by atoms with van der Waals surface area (Å²) >= 11 is 0. The zero-order chi connectivity index (χ0) is 32.7. The average Bonchev–Trinajstić information content (AvgIpc) is 3.68. The molecule has 0 heterocycles. The maximum absolute atomic E-state index is 10.7. The van der Waals surface area contributed by atoms with Gasteiger partial charge in [0.25, 0.3) is 0 Å². The lowest BCUT2D eigenvalue weighted by atomic mass is 9.67. The van der Waals surface area contributed by atoms with Gasteiger partial charge in [0, 0.05) is 22.0 Å². The maximum atomic E-state index is 10.7. The van der Waals surface area contributed by atoms with Gasteiger partial charge in [-0.15, -0.1) is 0 Å². The van der Waals surface area contributed by atoms with E-state index in [-0.39, 0.29) is 10.8 Å². The van der Waals surface area contributed by atoms with Gasteiger partial charge < -0.3 is 20.4 Å². The number of aromatic hydroxyl groups is 4. The molecular weight excluding hydrogens is 580 g/mol. The summed E-state index contributed by atoms with van der Waals surface area (Å²) < 4.78 is 0. The molecule has 3 saturated carbocycles. The Balaban J connectivity index is 0.000000168. The van der Waals surface area contributed by atoms with Crippen molar-refractivity contribution in [2.75, 3.05) is 0 Å². The number of hydrogen-bond donors (Lipinski definition) is 4. The van der Waals surface area contributed by atoms with Crippen molar-refractivity contribution in [1.82, 2.24) is 0 Å². The molecule has 4 nitrogen and oxygen atoms in total. The predicted molar refractivity (Wildman–Crippen MR) is 190 cm³/mol. The lowest BCUT2D eigenvalue weighted by Gasteiger charge is -2.36. The number of para-hydroxylation sites is 2. The fourth-order valence-electron chi connectivity index (χ4n) is 9.33. The van der Waals surface area contributed by atoms with Gasteiger partial charge in [0.05, 0.1) is 0 Å². The first-order valence-corrected chi connectivity index (χ1v) is 18.1. The summed E-state index contributed by atoms with van der Waals surface area (Å²) in [4.78, 5) is 0. The minimum absolute atomic E-state index is 0.218. The molecule has 3 aliphatic carbocycles. The summed E-state index contributed by atoms with van der Waals surface area (Å²) in [7, 11) is 0. The fraction of sp³-hybridized carbons (Fsp3) is 0.442. The van der Waals surface area contributed by atoms with Gasteiger partial charge in [0.15, 0.2) is 0 Å². The van der Waals surface area contributed by atoms with E-state index in [4.69, 9.17) is 0 Å². The van der Waals surface area contributed by atoms with Gasteiger partial charge in [-0.3, -0.25) is 0 Å². The van der Waals surface area contributed by atoms with Gasteiger partial charge in [-0.25, -0.2) is 0 Å². The second-order valence-electron chi connectivity index (χ2n) is 14.5. The highest BCUT2D eigenvalue weighted by atomic mass is 16.3. The topological polar surface area (TPSA) is 80.9 Å². The van der Waals surface area contributed by atoms with Crippen molar-refractivity contribution in [3.05, 3.63) is 119 Å². The first-order chi connectivity index (χ1) is 22.9. The standard InChI is InChI=1S/C24H32O2.C19H20O2/c25-22-16-10-8-14-20(22)24(21-15-9-11-17-23(21)26)18-12-6-4-2-1-3-5-7-13-19-24;20-16-5-1-14(2-6-16)18-11-13-9-10-19(18,12-13)15-3-7-17(21)8-4-15/h8-11,14-17,25-26H,1-7,12-13,18-19H2;1-8,13,18,20-21H,9-12H2. The van der Waals surface area contributed by atoms with E-state index >= 15 is 0 Å². The minimum atomic E-state index is -0.310. The molecule has 0 amide bonds. The van der Waals surface area contributed by atoms with Crippen LogP contribution in [0.3, 0.4) is 0 Å². The lowest BCUT2D eigenvalue weighted by Crippen LogP contribution is -2.28. The Hall–Kier alpha value is -3.92. The molecule has 0 radical (unpaired) electrons. The van der Waals surface area contributed by atoms with Crippen LogP contribution < -0.4 is 0 Å². The first-order valence-electron chi connectivity index (χ1n) is 18.1. The molecule has 0 spiro atoms. The van der Waals surface area contributed by atoms with Gasteiger partial charge in [-0.1, -0.05) is 118 Å². The van der Waals surface area contributed by atoms with Crippen LogP contribution in [-0.2, 0) is 10.8 Å². The number of fused-ring (bicyclic) bond motifs is 2. The Bertz CT molecular complexity index is 1520. The van der Waals surface area contributed by atoms with E-state index < -0.39 is 0 Å². The molecule has 3 aliphatic rings. The number of benzene rings is 4. The number of phenols is 4. The third-order valence-corrected chi connectivity index (χ3v) is 11.7. The van der Waals surface area contributed by atoms with Gasteiger partial charge in [0.2, 0.25) is 0 Å². The smallest absolute Gasteiger partial charge is 0.119 e. The Morgan fingerprint density at radius 1 is 0.489 bits per heavy atom. The van der Waals surface area contributed by atoms with Crippen molar-refractivity contribution in [2.24, 2.45) is 5.92 Å². The molecule has 47 heavy (non-hydrogen) atoms. The molecule has 248 valence electrons. The number of hydrogen-bond acceptors (Lipinski definition) is 4. The highest BCUT2D eigenvalue weighted by Gasteiger charge is 2.53. The SMILES string of the molecule is Oc1ccc(C2CC3CCC2(c2ccc(O)cc2)C3)cc1.Oc1ccccc1C1(c2ccccc2O)CCCCCCCCCCC1. The molecule has 2 bridgehead atoms. The minimum Gasteiger partial charge on any atom is -0.508 e. The monoisotopic (exact) mass is 632 g/mol. The van der Waals surface area contributed by atoms with Crippen LogP contribution in [0.15, 0.2) is 97.1 Å². The van der Waals surface area contributed by atoms with Crippen molar-refractivity contribution in [3.8, 4) is 23.0 Å². The van der Waals surface area contributed by atoms with Crippen molar-refractivity contribution in [1.29, 1.82) is 0 Å². The van der Waals surface area contributed by atoms with Gasteiger partial charge in [-0.05, 0) is 97.9 Å². The zero-order valence-corrected chi connectivity index (χ0v) is 27.8. The predicted octanol–water partition coefficient (Wildman–Crippen LogP) is 11.0. The van der Waals surface area contributed by atoms with Crippen LogP contribution in [-0.4, -0.2) is 20.4 Å². The Kier molecular flexibility index (Phi) is 10.4. The van der Waals surface area contributed by atoms with Crippen molar-refractivity contribution >= 4 is 0 Å². The summed E-state index contributed by atoms with van der Waals surface area (Å²) in [5, 5.41) is 40.4. The molecule has 0 aliphatic heterocycles. The first kappa shape index (κ1) is 33.0. The van der Waals surface area contributed by atoms with E-state index in [2.05, 4.69) is 24.3 Å². The van der Waals surface area contributed by atoms with Gasteiger partial charge in [0.1, 0.15) is 23.0 Å². The highest BCUT2D eigenvalue weighted by Crippen LogP contribution is 2.62. The molecule has 7 rings (SSSR count). The molecular formula is C43H52O4. The number of rotatable bonds is 4. The quantitative estimate of drug-likeness (QED) is 0.180. The summed E-state index contributed by atoms with van der Waals surface area (Å²) in [6, 6.07) is 31.0. The molecule has 3 unspecified atom stereocenters. The van der Waals surface area contributed by atoms with E-state index in [1.54, 1.807) is 24.3 Å². The number of phenolic OH excluding ortho intramolecular Hbond substituents is 4. The Morgan fingerprint density at radius 3 is 1.45 bits per heavy atom. The summed E-state index contributed by atoms with van der Waals surface area (Å²) in [6.07, 6.45) is 18.3. The van der Waals surface area contributed by atoms with Crippen LogP contribution in [0.2, 0.25) is 0 Å². The largest absolute Gasteiger partial charge is 0.508 e.